The Bertz CT molecular complexity index is 1940. The summed E-state index contributed by atoms with van der Waals surface area (Å²) >= 11 is 0. The van der Waals surface area contributed by atoms with E-state index < -0.39 is 12.1 Å². The van der Waals surface area contributed by atoms with Crippen LogP contribution in [0.2, 0.25) is 0 Å². The van der Waals surface area contributed by atoms with Gasteiger partial charge in [-0.2, -0.15) is 0 Å². The summed E-state index contributed by atoms with van der Waals surface area (Å²) in [5.74, 6) is -1.12. The lowest BCUT2D eigenvalue weighted by Gasteiger charge is -2.18. The summed E-state index contributed by atoms with van der Waals surface area (Å²) in [5.41, 5.74) is 0. The van der Waals surface area contributed by atoms with Crippen molar-refractivity contribution >= 4 is 17.9 Å². The first kappa shape index (κ1) is 77.5. The fourth-order valence-electron chi connectivity index (χ4n) is 8.57. The van der Waals surface area contributed by atoms with Gasteiger partial charge in [-0.25, -0.2) is 0 Å². The minimum absolute atomic E-state index is 0.109. The number of unbranched alkanes of at least 4 members (excludes halogenated alkanes) is 18. The number of ether oxygens (including phenoxy) is 3. The van der Waals surface area contributed by atoms with Crippen LogP contribution in [0.25, 0.3) is 0 Å². The third-order valence-electron chi connectivity index (χ3n) is 13.4. The first-order valence-electron chi connectivity index (χ1n) is 33.3. The molecule has 0 saturated heterocycles. The normalized spacial score (nSPS) is 13.3. The van der Waals surface area contributed by atoms with Gasteiger partial charge in [0.2, 0.25) is 0 Å². The van der Waals surface area contributed by atoms with Gasteiger partial charge in [0, 0.05) is 12.8 Å². The number of allylic oxidation sites excluding steroid dienone is 29. The van der Waals surface area contributed by atoms with Crippen LogP contribution in [0.15, 0.2) is 182 Å². The van der Waals surface area contributed by atoms with E-state index in [9.17, 15) is 14.4 Å². The molecular formula is C77H120O6. The Hall–Kier alpha value is -5.49. The summed E-state index contributed by atoms with van der Waals surface area (Å²) in [7, 11) is 0. The van der Waals surface area contributed by atoms with E-state index >= 15 is 0 Å². The highest BCUT2D eigenvalue weighted by Crippen LogP contribution is 2.16. The fraction of sp³-hybridized carbons (Fsp3) is 0.571. The number of rotatable bonds is 58. The second-order valence-corrected chi connectivity index (χ2v) is 21.2. The lowest BCUT2D eigenvalue weighted by Crippen LogP contribution is -2.30. The molecule has 0 aliphatic carbocycles. The Morgan fingerprint density at radius 3 is 0.807 bits per heavy atom. The zero-order valence-corrected chi connectivity index (χ0v) is 53.1. The van der Waals surface area contributed by atoms with Gasteiger partial charge in [0.05, 0.1) is 6.42 Å². The summed E-state index contributed by atoms with van der Waals surface area (Å²) in [5, 5.41) is 0. The lowest BCUT2D eigenvalue weighted by atomic mass is 10.0. The molecule has 6 heteroatoms. The molecule has 0 aromatic rings. The van der Waals surface area contributed by atoms with Crippen LogP contribution >= 0.6 is 0 Å². The zero-order chi connectivity index (χ0) is 59.9. The Balaban J connectivity index is 4.44. The summed E-state index contributed by atoms with van der Waals surface area (Å²) in [6.45, 7) is 6.17. The number of hydrogen-bond donors (Lipinski definition) is 0. The van der Waals surface area contributed by atoms with Gasteiger partial charge < -0.3 is 14.2 Å². The van der Waals surface area contributed by atoms with Gasteiger partial charge in [-0.05, 0) is 135 Å². The number of esters is 3. The van der Waals surface area contributed by atoms with E-state index in [2.05, 4.69) is 191 Å². The average molecular weight is 1140 g/mol. The van der Waals surface area contributed by atoms with E-state index in [1.165, 1.54) is 89.9 Å². The Morgan fingerprint density at radius 1 is 0.253 bits per heavy atom. The van der Waals surface area contributed by atoms with Crippen molar-refractivity contribution in [2.24, 2.45) is 0 Å². The van der Waals surface area contributed by atoms with Gasteiger partial charge in [-0.15, -0.1) is 0 Å². The second kappa shape index (κ2) is 69.0. The fourth-order valence-corrected chi connectivity index (χ4v) is 8.57. The second-order valence-electron chi connectivity index (χ2n) is 21.2. The Labute approximate surface area is 510 Å². The summed E-state index contributed by atoms with van der Waals surface area (Å²) in [4.78, 5) is 38.3. The highest BCUT2D eigenvalue weighted by atomic mass is 16.6. The molecule has 0 aliphatic heterocycles. The third kappa shape index (κ3) is 67.2. The maximum absolute atomic E-state index is 12.9. The van der Waals surface area contributed by atoms with Gasteiger partial charge in [0.1, 0.15) is 13.2 Å². The molecular weight excluding hydrogens is 1020 g/mol. The largest absolute Gasteiger partial charge is 0.462 e. The van der Waals surface area contributed by atoms with Gasteiger partial charge in [-0.1, -0.05) is 293 Å². The van der Waals surface area contributed by atoms with Crippen molar-refractivity contribution < 1.29 is 28.6 Å². The number of carbonyl (C=O) groups excluding carboxylic acids is 3. The van der Waals surface area contributed by atoms with Crippen LogP contribution < -0.4 is 0 Å². The summed E-state index contributed by atoms with van der Waals surface area (Å²) in [6.07, 6.45) is 104. The molecule has 1 unspecified atom stereocenters. The van der Waals surface area contributed by atoms with Gasteiger partial charge >= 0.3 is 17.9 Å². The molecule has 0 aromatic heterocycles. The quantitative estimate of drug-likeness (QED) is 0.0261. The molecule has 0 saturated carbocycles. The highest BCUT2D eigenvalue weighted by Gasteiger charge is 2.19. The molecule has 1 atom stereocenters. The third-order valence-corrected chi connectivity index (χ3v) is 13.4. The molecule has 0 aromatic carbocycles. The summed E-state index contributed by atoms with van der Waals surface area (Å²) < 4.78 is 16.8. The first-order chi connectivity index (χ1) is 41.0. The minimum atomic E-state index is -0.852. The monoisotopic (exact) mass is 1140 g/mol. The van der Waals surface area contributed by atoms with Crippen LogP contribution in [-0.2, 0) is 28.6 Å². The van der Waals surface area contributed by atoms with Crippen molar-refractivity contribution in [2.45, 2.75) is 271 Å². The lowest BCUT2D eigenvalue weighted by molar-refractivity contribution is -0.166. The van der Waals surface area contributed by atoms with Gasteiger partial charge in [-0.3, -0.25) is 14.4 Å². The molecule has 0 rings (SSSR count). The molecule has 83 heavy (non-hydrogen) atoms. The Morgan fingerprint density at radius 2 is 0.482 bits per heavy atom. The molecule has 464 valence electrons. The van der Waals surface area contributed by atoms with E-state index in [-0.39, 0.29) is 38.0 Å². The maximum Gasteiger partial charge on any atom is 0.309 e. The van der Waals surface area contributed by atoms with Crippen LogP contribution in [0.1, 0.15) is 265 Å². The van der Waals surface area contributed by atoms with Crippen LogP contribution in [0, 0.1) is 0 Å². The predicted molar refractivity (Wildman–Crippen MR) is 361 cm³/mol. The Kier molecular flexibility index (Phi) is 64.4. The smallest absolute Gasteiger partial charge is 0.309 e. The maximum atomic E-state index is 12.9. The molecule has 0 aliphatic rings. The van der Waals surface area contributed by atoms with Crippen molar-refractivity contribution in [1.82, 2.24) is 0 Å². The average Bonchev–Trinajstić information content (AvgIpc) is 3.49. The number of hydrogen-bond acceptors (Lipinski definition) is 6. The van der Waals surface area contributed by atoms with Gasteiger partial charge in [0.25, 0.3) is 0 Å². The van der Waals surface area contributed by atoms with E-state index in [4.69, 9.17) is 14.2 Å². The van der Waals surface area contributed by atoms with Crippen LogP contribution in [0.5, 0.6) is 0 Å². The topological polar surface area (TPSA) is 78.9 Å². The van der Waals surface area contributed by atoms with Gasteiger partial charge in [0.15, 0.2) is 6.10 Å². The van der Waals surface area contributed by atoms with Crippen LogP contribution in [0.4, 0.5) is 0 Å². The van der Waals surface area contributed by atoms with Crippen molar-refractivity contribution in [3.05, 3.63) is 182 Å². The SMILES string of the molecule is CC/C=C\C/C=C\C/C=C\C/C=C\C/C=C\C/C=C\CCCCC(=O)OC(COC(=O)C/C=C\C/C=C\C/C=C\C/C=C\C/C=C\CC)COC(=O)CCCCCCCCCCCCCCCCCC/C=C\C/C=C\C/C=C\C/C=C\CC. The minimum Gasteiger partial charge on any atom is -0.462 e. The van der Waals surface area contributed by atoms with Crippen LogP contribution in [0.3, 0.4) is 0 Å². The van der Waals surface area contributed by atoms with Crippen molar-refractivity contribution in [3.63, 3.8) is 0 Å². The van der Waals surface area contributed by atoms with Crippen LogP contribution in [-0.4, -0.2) is 37.2 Å². The zero-order valence-electron chi connectivity index (χ0n) is 53.1. The molecule has 0 spiro atoms. The molecule has 0 fully saturated rings. The van der Waals surface area contributed by atoms with E-state index in [1.54, 1.807) is 6.08 Å². The van der Waals surface area contributed by atoms with E-state index in [0.29, 0.717) is 12.8 Å². The molecule has 6 nitrogen and oxygen atoms in total. The molecule has 0 radical (unpaired) electrons. The molecule has 0 N–H and O–H groups in total. The summed E-state index contributed by atoms with van der Waals surface area (Å²) in [6, 6.07) is 0. The molecule has 0 amide bonds. The predicted octanol–water partition coefficient (Wildman–Crippen LogP) is 23.2. The van der Waals surface area contributed by atoms with Crippen molar-refractivity contribution in [3.8, 4) is 0 Å². The van der Waals surface area contributed by atoms with E-state index in [1.807, 2.05) is 6.08 Å². The van der Waals surface area contributed by atoms with Crippen molar-refractivity contribution in [1.29, 1.82) is 0 Å². The van der Waals surface area contributed by atoms with E-state index in [0.717, 1.165) is 128 Å². The molecule has 0 heterocycles. The number of carbonyl (C=O) groups is 3. The first-order valence-corrected chi connectivity index (χ1v) is 33.3. The van der Waals surface area contributed by atoms with Crippen molar-refractivity contribution in [2.75, 3.05) is 13.2 Å². The molecule has 0 bridgehead atoms. The standard InChI is InChI=1S/C77H120O6/c1-4-7-10-13-16-19-22-25-28-30-32-34-35-36-37-38-39-40-41-43-44-46-49-52-55-58-61-64-67-70-76(79)82-73-74(72-81-75(78)69-66-63-60-57-54-51-48-27-24-21-18-15-12-9-6-3)83-77(80)71-68-65-62-59-56-53-50-47-45-42-33-31-29-26-23-20-17-14-11-8-5-2/h7-12,16-21,25-29,32-34,42,47-48,50,54,56-57,59,63,66,74H,4-6,13-15,22-24,30-31,35-41,43-46,49,51-53,55,58,60-62,64-65,67-73H2,1-3H3/b10-7-,11-8-,12-9-,19-16-,20-17-,21-18-,28-25-,29-26-,34-32-,42-33-,48-27-,50-47-,57-54-,59-56-,66-63-. The highest BCUT2D eigenvalue weighted by molar-refractivity contribution is 5.72.